The highest BCUT2D eigenvalue weighted by molar-refractivity contribution is 5.71. The second kappa shape index (κ2) is 6.74. The van der Waals surface area contributed by atoms with E-state index in [4.69, 9.17) is 23.7 Å². The van der Waals surface area contributed by atoms with Crippen LogP contribution in [0.2, 0.25) is 0 Å². The van der Waals surface area contributed by atoms with Crippen LogP contribution < -0.4 is 18.9 Å². The lowest BCUT2D eigenvalue weighted by atomic mass is 9.98. The number of methoxy groups -OCH3 is 1. The number of benzene rings is 2. The molecule has 0 bridgehead atoms. The highest BCUT2D eigenvalue weighted by Gasteiger charge is 2.27. The number of rotatable bonds is 5. The molecule has 1 atom stereocenters. The Morgan fingerprint density at radius 2 is 2.04 bits per heavy atom. The van der Waals surface area contributed by atoms with Crippen molar-refractivity contribution in [1.82, 2.24) is 0 Å². The molecule has 7 heteroatoms. The molecule has 0 N–H and O–H groups in total. The largest absolute Gasteiger partial charge is 0.492 e. The molecule has 0 spiro atoms. The molecule has 0 saturated carbocycles. The lowest BCUT2D eigenvalue weighted by molar-refractivity contribution is -0.141. The van der Waals surface area contributed by atoms with Crippen molar-refractivity contribution in [1.29, 1.82) is 0 Å². The van der Waals surface area contributed by atoms with Crippen LogP contribution in [0.25, 0.3) is 0 Å². The van der Waals surface area contributed by atoms with Crippen LogP contribution in [0.3, 0.4) is 0 Å². The van der Waals surface area contributed by atoms with Gasteiger partial charge in [-0.15, -0.1) is 0 Å². The van der Waals surface area contributed by atoms with Gasteiger partial charge in [-0.25, -0.2) is 4.39 Å². The van der Waals surface area contributed by atoms with Gasteiger partial charge in [0, 0.05) is 23.1 Å². The average Bonchev–Trinajstić information content (AvgIpc) is 3.29. The number of hydrogen-bond acceptors (Lipinski definition) is 6. The summed E-state index contributed by atoms with van der Waals surface area (Å²) in [6.45, 7) is 0.637. The maximum absolute atomic E-state index is 13.6. The first kappa shape index (κ1) is 16.5. The first-order chi connectivity index (χ1) is 12.7. The topological polar surface area (TPSA) is 63.2 Å². The number of hydrogen-bond donors (Lipinski definition) is 0. The van der Waals surface area contributed by atoms with Gasteiger partial charge in [-0.3, -0.25) is 4.79 Å². The molecule has 0 fully saturated rings. The predicted molar refractivity (Wildman–Crippen MR) is 88.2 cm³/mol. The van der Waals surface area contributed by atoms with Crippen LogP contribution >= 0.6 is 0 Å². The van der Waals surface area contributed by atoms with E-state index in [-0.39, 0.29) is 37.5 Å². The molecule has 1 unspecified atom stereocenters. The lowest BCUT2D eigenvalue weighted by Gasteiger charge is -2.10. The minimum absolute atomic E-state index is 0.00245. The van der Waals surface area contributed by atoms with Gasteiger partial charge >= 0.3 is 5.97 Å². The Bertz CT molecular complexity index is 850. The SMILES string of the molecule is COC(=O)CC1COc2cc(OCc3ccc(F)c4c3OCO4)ccc21. The fraction of sp³-hybridized carbons (Fsp3) is 0.316. The van der Waals surface area contributed by atoms with E-state index in [9.17, 15) is 9.18 Å². The molecule has 2 aliphatic rings. The monoisotopic (exact) mass is 360 g/mol. The summed E-state index contributed by atoms with van der Waals surface area (Å²) in [5.41, 5.74) is 1.66. The van der Waals surface area contributed by atoms with Gasteiger partial charge in [-0.05, 0) is 18.2 Å². The molecule has 0 radical (unpaired) electrons. The van der Waals surface area contributed by atoms with Crippen LogP contribution in [0.4, 0.5) is 4.39 Å². The summed E-state index contributed by atoms with van der Waals surface area (Å²) in [5, 5.41) is 0. The van der Waals surface area contributed by atoms with E-state index in [0.717, 1.165) is 5.56 Å². The lowest BCUT2D eigenvalue weighted by Crippen LogP contribution is -2.09. The van der Waals surface area contributed by atoms with Crippen molar-refractivity contribution in [3.05, 3.63) is 47.3 Å². The Morgan fingerprint density at radius 1 is 1.19 bits per heavy atom. The summed E-state index contributed by atoms with van der Waals surface area (Å²) in [5.74, 6) is 1.06. The minimum Gasteiger partial charge on any atom is -0.492 e. The molecule has 2 aromatic rings. The first-order valence-corrected chi connectivity index (χ1v) is 8.19. The van der Waals surface area contributed by atoms with E-state index in [1.54, 1.807) is 12.1 Å². The van der Waals surface area contributed by atoms with Crippen molar-refractivity contribution >= 4 is 5.97 Å². The zero-order valence-electron chi connectivity index (χ0n) is 14.1. The van der Waals surface area contributed by atoms with Gasteiger partial charge in [-0.1, -0.05) is 6.07 Å². The van der Waals surface area contributed by atoms with Crippen LogP contribution in [-0.2, 0) is 16.1 Å². The molecule has 4 rings (SSSR count). The van der Waals surface area contributed by atoms with Gasteiger partial charge in [0.2, 0.25) is 12.5 Å². The van der Waals surface area contributed by atoms with Crippen LogP contribution in [0.15, 0.2) is 30.3 Å². The van der Waals surface area contributed by atoms with Crippen molar-refractivity contribution in [3.63, 3.8) is 0 Å². The van der Waals surface area contributed by atoms with Gasteiger partial charge in [0.25, 0.3) is 0 Å². The van der Waals surface area contributed by atoms with Gasteiger partial charge in [0.15, 0.2) is 11.6 Å². The van der Waals surface area contributed by atoms with Crippen molar-refractivity contribution in [2.45, 2.75) is 18.9 Å². The molecule has 0 aliphatic carbocycles. The van der Waals surface area contributed by atoms with Crippen molar-refractivity contribution in [3.8, 4) is 23.0 Å². The second-order valence-electron chi connectivity index (χ2n) is 6.05. The number of fused-ring (bicyclic) bond motifs is 2. The Kier molecular flexibility index (Phi) is 4.28. The molecule has 6 nitrogen and oxygen atoms in total. The van der Waals surface area contributed by atoms with Gasteiger partial charge in [0.05, 0.1) is 20.1 Å². The summed E-state index contributed by atoms with van der Waals surface area (Å²) >= 11 is 0. The smallest absolute Gasteiger partial charge is 0.306 e. The van der Waals surface area contributed by atoms with Gasteiger partial charge in [0.1, 0.15) is 18.1 Å². The van der Waals surface area contributed by atoms with Crippen molar-refractivity contribution in [2.75, 3.05) is 20.5 Å². The summed E-state index contributed by atoms with van der Waals surface area (Å²) < 4.78 is 40.3. The fourth-order valence-corrected chi connectivity index (χ4v) is 3.09. The molecule has 2 aliphatic heterocycles. The van der Waals surface area contributed by atoms with Crippen LogP contribution in [-0.4, -0.2) is 26.5 Å². The van der Waals surface area contributed by atoms with E-state index in [0.29, 0.717) is 29.4 Å². The summed E-state index contributed by atoms with van der Waals surface area (Å²) in [7, 11) is 1.37. The third kappa shape index (κ3) is 3.00. The Balaban J connectivity index is 1.46. The molecule has 26 heavy (non-hydrogen) atoms. The van der Waals surface area contributed by atoms with Crippen molar-refractivity contribution < 1.29 is 32.9 Å². The highest BCUT2D eigenvalue weighted by Crippen LogP contribution is 2.40. The number of carbonyl (C=O) groups excluding carboxylic acids is 1. The number of carbonyl (C=O) groups is 1. The molecular formula is C19H17FO6. The molecule has 2 heterocycles. The standard InChI is InChI=1S/C19H17FO6/c1-22-17(21)6-12-9-24-16-7-13(3-4-14(12)16)23-8-11-2-5-15(20)19-18(11)25-10-26-19/h2-5,7,12H,6,8-10H2,1H3. The summed E-state index contributed by atoms with van der Waals surface area (Å²) in [6.07, 6.45) is 0.281. The quantitative estimate of drug-likeness (QED) is 0.763. The summed E-state index contributed by atoms with van der Waals surface area (Å²) in [6, 6.07) is 8.43. The molecule has 0 aromatic heterocycles. The zero-order chi connectivity index (χ0) is 18.1. The molecule has 0 saturated heterocycles. The van der Waals surface area contributed by atoms with Crippen molar-refractivity contribution in [2.24, 2.45) is 0 Å². The Morgan fingerprint density at radius 3 is 2.88 bits per heavy atom. The van der Waals surface area contributed by atoms with Crippen LogP contribution in [0, 0.1) is 5.82 Å². The maximum Gasteiger partial charge on any atom is 0.306 e. The number of esters is 1. The van der Waals surface area contributed by atoms with Gasteiger partial charge < -0.3 is 23.7 Å². The zero-order valence-corrected chi connectivity index (χ0v) is 14.1. The molecule has 2 aromatic carbocycles. The van der Waals surface area contributed by atoms with E-state index >= 15 is 0 Å². The van der Waals surface area contributed by atoms with E-state index in [1.807, 2.05) is 12.1 Å². The third-order valence-electron chi connectivity index (χ3n) is 4.45. The number of ether oxygens (including phenoxy) is 5. The molecular weight excluding hydrogens is 343 g/mol. The maximum atomic E-state index is 13.6. The summed E-state index contributed by atoms with van der Waals surface area (Å²) in [4.78, 5) is 11.5. The van der Waals surface area contributed by atoms with Crippen LogP contribution in [0.1, 0.15) is 23.5 Å². The highest BCUT2D eigenvalue weighted by atomic mass is 19.1. The number of halogens is 1. The third-order valence-corrected chi connectivity index (χ3v) is 4.45. The van der Waals surface area contributed by atoms with E-state index < -0.39 is 5.82 Å². The van der Waals surface area contributed by atoms with E-state index in [2.05, 4.69) is 0 Å². The predicted octanol–water partition coefficient (Wildman–Crippen LogP) is 3.17. The normalized spacial score (nSPS) is 16.8. The Labute approximate surface area is 149 Å². The van der Waals surface area contributed by atoms with Crippen LogP contribution in [0.5, 0.6) is 23.0 Å². The molecule has 136 valence electrons. The van der Waals surface area contributed by atoms with E-state index in [1.165, 1.54) is 13.2 Å². The molecule has 0 amide bonds. The first-order valence-electron chi connectivity index (χ1n) is 8.19. The minimum atomic E-state index is -0.455. The average molecular weight is 360 g/mol. The Hall–Kier alpha value is -2.96. The van der Waals surface area contributed by atoms with Gasteiger partial charge in [-0.2, -0.15) is 0 Å². The second-order valence-corrected chi connectivity index (χ2v) is 6.05. The fourth-order valence-electron chi connectivity index (χ4n) is 3.09.